The molecular weight excluding hydrogens is 186 g/mol. The lowest BCUT2D eigenvalue weighted by atomic mass is 10.0. The first-order chi connectivity index (χ1) is 7.06. The maximum Gasteiger partial charge on any atom is 0.0106 e. The van der Waals surface area contributed by atoms with Crippen molar-refractivity contribution >= 4 is 0 Å². The van der Waals surface area contributed by atoms with Gasteiger partial charge < -0.3 is 15.5 Å². The Balaban J connectivity index is 3.34. The second-order valence-corrected chi connectivity index (χ2v) is 4.93. The van der Waals surface area contributed by atoms with Gasteiger partial charge in [0.15, 0.2) is 0 Å². The zero-order valence-electron chi connectivity index (χ0n) is 11.0. The van der Waals surface area contributed by atoms with Crippen LogP contribution in [0.3, 0.4) is 0 Å². The van der Waals surface area contributed by atoms with Crippen LogP contribution in [0.25, 0.3) is 0 Å². The fourth-order valence-electron chi connectivity index (χ4n) is 1.62. The molecule has 1 atom stereocenters. The second kappa shape index (κ2) is 9.13. The molecule has 0 aliphatic rings. The van der Waals surface area contributed by atoms with Crippen molar-refractivity contribution in [3.05, 3.63) is 0 Å². The van der Waals surface area contributed by atoms with E-state index in [1.54, 1.807) is 0 Å². The van der Waals surface area contributed by atoms with E-state index in [4.69, 9.17) is 5.73 Å². The minimum Gasteiger partial charge on any atom is -0.330 e. The molecule has 0 saturated heterocycles. The van der Waals surface area contributed by atoms with Crippen LogP contribution in [0, 0.1) is 5.92 Å². The molecule has 0 aromatic heterocycles. The average Bonchev–Trinajstić information content (AvgIpc) is 2.15. The van der Waals surface area contributed by atoms with Crippen LogP contribution in [0.1, 0.15) is 26.2 Å². The van der Waals surface area contributed by atoms with E-state index < -0.39 is 0 Å². The highest BCUT2D eigenvalue weighted by Gasteiger charge is 2.03. The highest BCUT2D eigenvalue weighted by Crippen LogP contribution is 2.09. The van der Waals surface area contributed by atoms with E-state index in [2.05, 4.69) is 37.9 Å². The van der Waals surface area contributed by atoms with Gasteiger partial charge in [-0.1, -0.05) is 6.92 Å². The summed E-state index contributed by atoms with van der Waals surface area (Å²) in [5.74, 6) is 0.789. The highest BCUT2D eigenvalue weighted by atomic mass is 15.1. The molecule has 1 unspecified atom stereocenters. The third-order valence-electron chi connectivity index (χ3n) is 2.83. The molecule has 0 fully saturated rings. The summed E-state index contributed by atoms with van der Waals surface area (Å²) in [5.41, 5.74) is 5.53. The number of rotatable bonds is 9. The molecule has 92 valence electrons. The van der Waals surface area contributed by atoms with Crippen molar-refractivity contribution in [2.24, 2.45) is 11.7 Å². The van der Waals surface area contributed by atoms with E-state index in [1.165, 1.54) is 25.8 Å². The Bertz CT molecular complexity index is 137. The van der Waals surface area contributed by atoms with Crippen molar-refractivity contribution in [3.8, 4) is 0 Å². The fraction of sp³-hybridized carbons (Fsp3) is 1.00. The monoisotopic (exact) mass is 215 g/mol. The molecule has 0 aliphatic heterocycles. The van der Waals surface area contributed by atoms with Gasteiger partial charge in [0, 0.05) is 13.1 Å². The summed E-state index contributed by atoms with van der Waals surface area (Å²) in [5, 5.41) is 0. The molecule has 3 heteroatoms. The molecule has 0 saturated carbocycles. The van der Waals surface area contributed by atoms with E-state index in [0.717, 1.165) is 25.6 Å². The summed E-state index contributed by atoms with van der Waals surface area (Å²) in [6.07, 6.45) is 3.77. The van der Waals surface area contributed by atoms with Crippen molar-refractivity contribution in [1.29, 1.82) is 0 Å². The van der Waals surface area contributed by atoms with Crippen LogP contribution >= 0.6 is 0 Å². The van der Waals surface area contributed by atoms with Crippen LogP contribution in [-0.4, -0.2) is 57.1 Å². The number of hydrogen-bond acceptors (Lipinski definition) is 3. The van der Waals surface area contributed by atoms with E-state index in [9.17, 15) is 0 Å². The maximum absolute atomic E-state index is 5.53. The van der Waals surface area contributed by atoms with Gasteiger partial charge in [-0.25, -0.2) is 0 Å². The topological polar surface area (TPSA) is 32.5 Å². The first-order valence-corrected chi connectivity index (χ1v) is 6.09. The highest BCUT2D eigenvalue weighted by molar-refractivity contribution is 4.58. The van der Waals surface area contributed by atoms with E-state index in [0.29, 0.717) is 0 Å². The summed E-state index contributed by atoms with van der Waals surface area (Å²) >= 11 is 0. The third-order valence-corrected chi connectivity index (χ3v) is 2.83. The summed E-state index contributed by atoms with van der Waals surface area (Å²) in [4.78, 5) is 4.64. The zero-order chi connectivity index (χ0) is 11.7. The molecule has 0 heterocycles. The quantitative estimate of drug-likeness (QED) is 0.628. The van der Waals surface area contributed by atoms with Crippen LogP contribution in [-0.2, 0) is 0 Å². The summed E-state index contributed by atoms with van der Waals surface area (Å²) in [6, 6.07) is 0. The Morgan fingerprint density at radius 3 is 2.20 bits per heavy atom. The van der Waals surface area contributed by atoms with Gasteiger partial charge in [-0.3, -0.25) is 0 Å². The van der Waals surface area contributed by atoms with Gasteiger partial charge in [-0.2, -0.15) is 0 Å². The van der Waals surface area contributed by atoms with Crippen molar-refractivity contribution in [2.75, 3.05) is 47.3 Å². The molecule has 0 aliphatic carbocycles. The predicted octanol–water partition coefficient (Wildman–Crippen LogP) is 1.24. The van der Waals surface area contributed by atoms with Crippen molar-refractivity contribution in [2.45, 2.75) is 26.2 Å². The van der Waals surface area contributed by atoms with Crippen LogP contribution in [0.15, 0.2) is 0 Å². The molecular formula is C12H29N3. The fourth-order valence-corrected chi connectivity index (χ4v) is 1.62. The minimum atomic E-state index is 0.789. The number of hydrogen-bond donors (Lipinski definition) is 1. The van der Waals surface area contributed by atoms with Gasteiger partial charge in [0.1, 0.15) is 0 Å². The molecule has 0 bridgehead atoms. The van der Waals surface area contributed by atoms with Gasteiger partial charge in [-0.05, 0) is 59.4 Å². The van der Waals surface area contributed by atoms with Gasteiger partial charge in [0.25, 0.3) is 0 Å². The average molecular weight is 215 g/mol. The van der Waals surface area contributed by atoms with Gasteiger partial charge in [0.05, 0.1) is 0 Å². The number of likely N-dealkylation sites (N-methyl/N-ethyl adjacent to an activating group) is 2. The largest absolute Gasteiger partial charge is 0.330 e. The van der Waals surface area contributed by atoms with Crippen LogP contribution in [0.5, 0.6) is 0 Å². The third kappa shape index (κ3) is 10.2. The first kappa shape index (κ1) is 14.9. The Morgan fingerprint density at radius 1 is 1.00 bits per heavy atom. The number of nitrogens with zero attached hydrogens (tertiary/aromatic N) is 2. The lowest BCUT2D eigenvalue weighted by molar-refractivity contribution is 0.272. The van der Waals surface area contributed by atoms with Gasteiger partial charge >= 0.3 is 0 Å². The molecule has 0 radical (unpaired) electrons. The molecule has 0 amide bonds. The van der Waals surface area contributed by atoms with Crippen molar-refractivity contribution < 1.29 is 0 Å². The zero-order valence-corrected chi connectivity index (χ0v) is 11.0. The molecule has 0 rings (SSSR count). The second-order valence-electron chi connectivity index (χ2n) is 4.93. The Kier molecular flexibility index (Phi) is 9.06. The summed E-state index contributed by atoms with van der Waals surface area (Å²) in [7, 11) is 6.45. The van der Waals surface area contributed by atoms with Crippen LogP contribution in [0.2, 0.25) is 0 Å². The van der Waals surface area contributed by atoms with Crippen molar-refractivity contribution in [3.63, 3.8) is 0 Å². The lowest BCUT2D eigenvalue weighted by Crippen LogP contribution is -2.29. The first-order valence-electron chi connectivity index (χ1n) is 6.09. The molecule has 0 spiro atoms. The Labute approximate surface area is 95.6 Å². The standard InChI is InChI=1S/C12H29N3/c1-12(7-8-13)6-5-9-15(4)11-10-14(2)3/h12H,5-11,13H2,1-4H3. The predicted molar refractivity (Wildman–Crippen MR) is 68.1 cm³/mol. The maximum atomic E-state index is 5.53. The lowest BCUT2D eigenvalue weighted by Gasteiger charge is -2.20. The Hall–Kier alpha value is -0.120. The SMILES string of the molecule is CC(CCN)CCCN(C)CCN(C)C. The molecule has 0 aromatic rings. The van der Waals surface area contributed by atoms with E-state index in [1.807, 2.05) is 0 Å². The molecule has 15 heavy (non-hydrogen) atoms. The van der Waals surface area contributed by atoms with Crippen LogP contribution in [0.4, 0.5) is 0 Å². The van der Waals surface area contributed by atoms with Crippen molar-refractivity contribution in [1.82, 2.24) is 9.80 Å². The van der Waals surface area contributed by atoms with Gasteiger partial charge in [-0.15, -0.1) is 0 Å². The van der Waals surface area contributed by atoms with E-state index >= 15 is 0 Å². The summed E-state index contributed by atoms with van der Waals surface area (Å²) in [6.45, 7) is 6.65. The number of nitrogens with two attached hydrogens (primary N) is 1. The normalized spacial score (nSPS) is 13.8. The molecule has 3 nitrogen and oxygen atoms in total. The summed E-state index contributed by atoms with van der Waals surface area (Å²) < 4.78 is 0. The van der Waals surface area contributed by atoms with Gasteiger partial charge in [0.2, 0.25) is 0 Å². The molecule has 0 aromatic carbocycles. The molecule has 2 N–H and O–H groups in total. The Morgan fingerprint density at radius 2 is 1.67 bits per heavy atom. The van der Waals surface area contributed by atoms with E-state index in [-0.39, 0.29) is 0 Å². The van der Waals surface area contributed by atoms with Crippen LogP contribution < -0.4 is 5.73 Å². The smallest absolute Gasteiger partial charge is 0.0106 e. The minimum absolute atomic E-state index is 0.789.